The summed E-state index contributed by atoms with van der Waals surface area (Å²) in [5.41, 5.74) is 1.48. The minimum absolute atomic E-state index is 0.140. The van der Waals surface area contributed by atoms with Gasteiger partial charge in [-0.1, -0.05) is 26.0 Å². The molecule has 2 aromatic heterocycles. The van der Waals surface area contributed by atoms with Crippen molar-refractivity contribution in [1.29, 1.82) is 0 Å². The molecular formula is C19H21N3O3S. The van der Waals surface area contributed by atoms with Gasteiger partial charge in [0.15, 0.2) is 0 Å². The molecule has 6 nitrogen and oxygen atoms in total. The fraction of sp³-hybridized carbons (Fsp3) is 0.316. The van der Waals surface area contributed by atoms with Crippen molar-refractivity contribution in [1.82, 2.24) is 9.13 Å². The van der Waals surface area contributed by atoms with Crippen LogP contribution in [0.25, 0.3) is 10.2 Å². The van der Waals surface area contributed by atoms with Gasteiger partial charge in [-0.2, -0.15) is 0 Å². The highest BCUT2D eigenvalue weighted by molar-refractivity contribution is 7.17. The lowest BCUT2D eigenvalue weighted by Gasteiger charge is -2.13. The first-order valence-corrected chi connectivity index (χ1v) is 9.32. The van der Waals surface area contributed by atoms with Crippen molar-refractivity contribution in [3.63, 3.8) is 0 Å². The first kappa shape index (κ1) is 18.1. The zero-order valence-corrected chi connectivity index (χ0v) is 15.8. The maximum atomic E-state index is 12.8. The summed E-state index contributed by atoms with van der Waals surface area (Å²) >= 11 is 1.29. The second kappa shape index (κ2) is 7.29. The third-order valence-corrected chi connectivity index (χ3v) is 4.88. The van der Waals surface area contributed by atoms with Crippen LogP contribution in [0.15, 0.2) is 45.3 Å². The van der Waals surface area contributed by atoms with Crippen molar-refractivity contribution >= 4 is 33.1 Å². The molecule has 0 atom stereocenters. The zero-order chi connectivity index (χ0) is 18.8. The summed E-state index contributed by atoms with van der Waals surface area (Å²) in [5, 5.41) is 4.57. The average Bonchev–Trinajstić information content (AvgIpc) is 3.05. The van der Waals surface area contributed by atoms with Gasteiger partial charge in [-0.15, -0.1) is 11.3 Å². The summed E-state index contributed by atoms with van der Waals surface area (Å²) in [4.78, 5) is 37.9. The van der Waals surface area contributed by atoms with Gasteiger partial charge < -0.3 is 5.32 Å². The van der Waals surface area contributed by atoms with Gasteiger partial charge in [0.05, 0.1) is 5.52 Å². The van der Waals surface area contributed by atoms with Crippen LogP contribution in [-0.2, 0) is 17.9 Å². The van der Waals surface area contributed by atoms with Crippen LogP contribution in [0.5, 0.6) is 0 Å². The van der Waals surface area contributed by atoms with Crippen LogP contribution in [-0.4, -0.2) is 15.0 Å². The van der Waals surface area contributed by atoms with Crippen LogP contribution in [0.3, 0.4) is 0 Å². The summed E-state index contributed by atoms with van der Waals surface area (Å²) in [5.74, 6) is -0.160. The summed E-state index contributed by atoms with van der Waals surface area (Å²) in [6.45, 7) is 6.01. The normalized spacial score (nSPS) is 11.2. The topological polar surface area (TPSA) is 73.1 Å². The van der Waals surface area contributed by atoms with Crippen molar-refractivity contribution < 1.29 is 4.79 Å². The fourth-order valence-electron chi connectivity index (χ4n) is 2.88. The van der Waals surface area contributed by atoms with E-state index in [0.29, 0.717) is 22.4 Å². The van der Waals surface area contributed by atoms with E-state index in [0.717, 1.165) is 5.56 Å². The summed E-state index contributed by atoms with van der Waals surface area (Å²) in [6, 6.07) is 9.17. The Morgan fingerprint density at radius 2 is 1.96 bits per heavy atom. The zero-order valence-electron chi connectivity index (χ0n) is 15.0. The molecule has 0 saturated carbocycles. The van der Waals surface area contributed by atoms with Gasteiger partial charge in [0.1, 0.15) is 11.2 Å². The van der Waals surface area contributed by atoms with Crippen molar-refractivity contribution in [3.05, 3.63) is 62.1 Å². The van der Waals surface area contributed by atoms with Gasteiger partial charge in [-0.25, -0.2) is 4.79 Å². The molecule has 136 valence electrons. The number of hydrogen-bond acceptors (Lipinski definition) is 4. The van der Waals surface area contributed by atoms with E-state index >= 15 is 0 Å². The second-order valence-corrected chi connectivity index (χ2v) is 7.65. The standard InChI is InChI=1S/C19H21N3O3S/c1-12(2)10-22-18(24)17-15(7-8-26-17)21(19(22)25)11-16(23)20-14-6-4-5-13(3)9-14/h4-9,12H,10-11H2,1-3H3,(H,20,23). The fourth-order valence-corrected chi connectivity index (χ4v) is 3.72. The molecule has 0 aliphatic rings. The van der Waals surface area contributed by atoms with Crippen LogP contribution in [0.4, 0.5) is 5.69 Å². The average molecular weight is 371 g/mol. The molecule has 0 spiro atoms. The number of hydrogen-bond donors (Lipinski definition) is 1. The SMILES string of the molecule is Cc1cccc(NC(=O)Cn2c(=O)n(CC(C)C)c(=O)c3sccc32)c1. The predicted octanol–water partition coefficient (Wildman–Crippen LogP) is 2.83. The van der Waals surface area contributed by atoms with E-state index in [1.807, 2.05) is 39.0 Å². The first-order chi connectivity index (χ1) is 12.4. The van der Waals surface area contributed by atoms with E-state index in [2.05, 4.69) is 5.32 Å². The van der Waals surface area contributed by atoms with Gasteiger partial charge in [-0.05, 0) is 42.0 Å². The number of aromatic nitrogens is 2. The third-order valence-electron chi connectivity index (χ3n) is 3.99. The van der Waals surface area contributed by atoms with Crippen molar-refractivity contribution in [2.24, 2.45) is 5.92 Å². The largest absolute Gasteiger partial charge is 0.332 e. The third kappa shape index (κ3) is 3.62. The molecule has 1 N–H and O–H groups in total. The number of carbonyl (C=O) groups is 1. The first-order valence-electron chi connectivity index (χ1n) is 8.44. The van der Waals surface area contributed by atoms with Crippen molar-refractivity contribution in [2.75, 3.05) is 5.32 Å². The molecule has 0 fully saturated rings. The van der Waals surface area contributed by atoms with Crippen LogP contribution in [0.1, 0.15) is 19.4 Å². The number of amides is 1. The molecule has 3 rings (SSSR count). The van der Waals surface area contributed by atoms with Crippen LogP contribution in [0.2, 0.25) is 0 Å². The molecule has 1 aromatic carbocycles. The van der Waals surface area contributed by atoms with Crippen molar-refractivity contribution in [3.8, 4) is 0 Å². The van der Waals surface area contributed by atoms with Crippen LogP contribution >= 0.6 is 11.3 Å². The van der Waals surface area contributed by atoms with Gasteiger partial charge in [0.2, 0.25) is 5.91 Å². The predicted molar refractivity (Wildman–Crippen MR) is 105 cm³/mol. The quantitative estimate of drug-likeness (QED) is 0.749. The molecule has 0 bridgehead atoms. The Hall–Kier alpha value is -2.67. The highest BCUT2D eigenvalue weighted by Gasteiger charge is 2.17. The van der Waals surface area contributed by atoms with Gasteiger partial charge in [0.25, 0.3) is 5.56 Å². The maximum absolute atomic E-state index is 12.8. The number of benzene rings is 1. The van der Waals surface area contributed by atoms with E-state index in [1.165, 1.54) is 20.5 Å². The Morgan fingerprint density at radius 1 is 1.19 bits per heavy atom. The monoisotopic (exact) mass is 371 g/mol. The Labute approximate surface area is 154 Å². The lowest BCUT2D eigenvalue weighted by atomic mass is 10.2. The minimum Gasteiger partial charge on any atom is -0.325 e. The lowest BCUT2D eigenvalue weighted by Crippen LogP contribution is -2.42. The molecule has 7 heteroatoms. The number of fused-ring (bicyclic) bond motifs is 1. The molecule has 1 amide bonds. The molecule has 0 radical (unpaired) electrons. The Morgan fingerprint density at radius 3 is 2.65 bits per heavy atom. The summed E-state index contributed by atoms with van der Waals surface area (Å²) in [6.07, 6.45) is 0. The summed E-state index contributed by atoms with van der Waals surface area (Å²) < 4.78 is 3.10. The molecule has 0 unspecified atom stereocenters. The van der Waals surface area contributed by atoms with E-state index < -0.39 is 5.69 Å². The number of carbonyl (C=O) groups excluding carboxylic acids is 1. The number of aryl methyl sites for hydroxylation is 1. The highest BCUT2D eigenvalue weighted by Crippen LogP contribution is 2.16. The Balaban J connectivity index is 1.99. The maximum Gasteiger partial charge on any atom is 0.332 e. The molecule has 3 aromatic rings. The lowest BCUT2D eigenvalue weighted by molar-refractivity contribution is -0.116. The molecule has 0 aliphatic heterocycles. The van der Waals surface area contributed by atoms with Crippen molar-refractivity contribution in [2.45, 2.75) is 33.9 Å². The van der Waals surface area contributed by atoms with Crippen LogP contribution in [0, 0.1) is 12.8 Å². The smallest absolute Gasteiger partial charge is 0.325 e. The molecule has 2 heterocycles. The minimum atomic E-state index is -0.450. The van der Waals surface area contributed by atoms with Gasteiger partial charge >= 0.3 is 5.69 Å². The van der Waals surface area contributed by atoms with E-state index in [4.69, 9.17) is 0 Å². The Bertz CT molecular complexity index is 1080. The molecule has 0 aliphatic carbocycles. The number of nitrogens with zero attached hydrogens (tertiary/aromatic N) is 2. The molecule has 26 heavy (non-hydrogen) atoms. The number of anilines is 1. The van der Waals surface area contributed by atoms with E-state index in [9.17, 15) is 14.4 Å². The molecule has 0 saturated heterocycles. The number of rotatable bonds is 5. The highest BCUT2D eigenvalue weighted by atomic mass is 32.1. The number of nitrogens with one attached hydrogen (secondary N) is 1. The molecular weight excluding hydrogens is 350 g/mol. The second-order valence-electron chi connectivity index (χ2n) is 6.73. The Kier molecular flexibility index (Phi) is 5.08. The van der Waals surface area contributed by atoms with Gasteiger partial charge in [-0.3, -0.25) is 18.7 Å². The van der Waals surface area contributed by atoms with E-state index in [1.54, 1.807) is 17.5 Å². The van der Waals surface area contributed by atoms with E-state index in [-0.39, 0.29) is 23.9 Å². The van der Waals surface area contributed by atoms with Gasteiger partial charge in [0, 0.05) is 12.2 Å². The van der Waals surface area contributed by atoms with Crippen LogP contribution < -0.4 is 16.6 Å². The number of thiophene rings is 1. The summed E-state index contributed by atoms with van der Waals surface area (Å²) in [7, 11) is 0.